The zero-order valence-corrected chi connectivity index (χ0v) is 38.0. The van der Waals surface area contributed by atoms with Crippen molar-refractivity contribution in [2.75, 3.05) is 41.0 Å². The molecule has 0 aromatic carbocycles. The number of esters is 2. The highest BCUT2D eigenvalue weighted by Gasteiger charge is 2.31. The molecule has 0 spiro atoms. The average molecular weight is 815 g/mol. The Kier molecular flexibility index (Phi) is 38.7. The van der Waals surface area contributed by atoms with Crippen LogP contribution in [0.3, 0.4) is 0 Å². The zero-order valence-electron chi connectivity index (χ0n) is 38.0. The Labute approximate surface area is 356 Å². The van der Waals surface area contributed by atoms with Gasteiger partial charge in [-0.05, 0) is 64.2 Å². The van der Waals surface area contributed by atoms with Crippen LogP contribution in [-0.2, 0) is 28.6 Å². The average Bonchev–Trinajstić information content (AvgIpc) is 3.18. The van der Waals surface area contributed by atoms with Gasteiger partial charge in [0.05, 0.1) is 34.4 Å². The summed E-state index contributed by atoms with van der Waals surface area (Å²) in [6.07, 6.45) is 50.0. The molecule has 0 aliphatic carbocycles. The van der Waals surface area contributed by atoms with Crippen molar-refractivity contribution in [2.45, 2.75) is 199 Å². The number of aliphatic carboxylic acids is 1. The van der Waals surface area contributed by atoms with Crippen LogP contribution in [0.15, 0.2) is 60.8 Å². The van der Waals surface area contributed by atoms with E-state index in [1.807, 2.05) is 27.2 Å². The Morgan fingerprint density at radius 2 is 1.00 bits per heavy atom. The Bertz CT molecular complexity index is 1130. The summed E-state index contributed by atoms with van der Waals surface area (Å²) in [7, 11) is 5.51. The van der Waals surface area contributed by atoms with E-state index in [0.717, 1.165) is 51.4 Å². The molecule has 0 saturated heterocycles. The number of ether oxygens (including phenoxy) is 3. The molecule has 2 unspecified atom stereocenters. The van der Waals surface area contributed by atoms with Crippen molar-refractivity contribution in [3.63, 3.8) is 0 Å². The van der Waals surface area contributed by atoms with Gasteiger partial charge >= 0.3 is 17.9 Å². The molecule has 0 saturated carbocycles. The molecular formula is C50H88NO7+. The Hall–Kier alpha value is -2.97. The van der Waals surface area contributed by atoms with Gasteiger partial charge in [-0.3, -0.25) is 9.59 Å². The molecule has 0 radical (unpaired) electrons. The van der Waals surface area contributed by atoms with Crippen LogP contribution in [0.2, 0.25) is 0 Å². The maximum Gasteiger partial charge on any atom is 0.362 e. The summed E-state index contributed by atoms with van der Waals surface area (Å²) in [5.74, 6) is -1.56. The van der Waals surface area contributed by atoms with Crippen molar-refractivity contribution in [1.82, 2.24) is 0 Å². The Morgan fingerprint density at radius 3 is 1.50 bits per heavy atom. The van der Waals surface area contributed by atoms with Gasteiger partial charge in [-0.25, -0.2) is 4.79 Å². The molecule has 0 aliphatic rings. The predicted molar refractivity (Wildman–Crippen MR) is 243 cm³/mol. The number of allylic oxidation sites excluding steroid dienone is 10. The van der Waals surface area contributed by atoms with Crippen molar-refractivity contribution in [2.24, 2.45) is 0 Å². The van der Waals surface area contributed by atoms with Gasteiger partial charge in [0.25, 0.3) is 0 Å². The number of carbonyl (C=O) groups is 3. The first kappa shape index (κ1) is 55.0. The summed E-state index contributed by atoms with van der Waals surface area (Å²) in [5, 5.41) is 9.62. The fourth-order valence-corrected chi connectivity index (χ4v) is 6.57. The molecule has 1 N–H and O–H groups in total. The number of carbonyl (C=O) groups excluding carboxylic acids is 2. The third kappa shape index (κ3) is 38.5. The lowest BCUT2D eigenvalue weighted by Gasteiger charge is -2.31. The lowest BCUT2D eigenvalue weighted by molar-refractivity contribution is -0.887. The molecule has 2 atom stereocenters. The van der Waals surface area contributed by atoms with Crippen LogP contribution in [0.25, 0.3) is 0 Å². The number of carboxylic acids is 1. The maximum absolute atomic E-state index is 12.7. The molecule has 334 valence electrons. The second kappa shape index (κ2) is 40.8. The lowest BCUT2D eigenvalue weighted by Crippen LogP contribution is -2.50. The van der Waals surface area contributed by atoms with E-state index in [2.05, 4.69) is 68.5 Å². The summed E-state index contributed by atoms with van der Waals surface area (Å²) in [5.41, 5.74) is 0. The number of likely N-dealkylation sites (N-methyl/N-ethyl adjacent to an activating group) is 1. The van der Waals surface area contributed by atoms with Gasteiger partial charge in [-0.2, -0.15) is 0 Å². The molecule has 0 heterocycles. The summed E-state index contributed by atoms with van der Waals surface area (Å²) in [6, 6.07) is -0.625. The minimum absolute atomic E-state index is 0.0366. The van der Waals surface area contributed by atoms with Crippen LogP contribution in [0.1, 0.15) is 187 Å². The van der Waals surface area contributed by atoms with Gasteiger partial charge in [0.1, 0.15) is 6.61 Å². The molecule has 0 fully saturated rings. The SMILES string of the molecule is CC/C=C/C/C=C/C/C=C/CCCCCCCCCCCCCC(=O)OCC(COCCC(C(=O)O)[N+](C)(C)C)OC(=O)CC/C=C/C/C=C/CCCCCCCC. The number of nitrogens with zero attached hydrogens (tertiary/aromatic N) is 1. The second-order valence-corrected chi connectivity index (χ2v) is 16.6. The van der Waals surface area contributed by atoms with Crippen LogP contribution < -0.4 is 0 Å². The smallest absolute Gasteiger partial charge is 0.362 e. The van der Waals surface area contributed by atoms with Gasteiger partial charge in [0, 0.05) is 19.3 Å². The Balaban J connectivity index is 4.30. The van der Waals surface area contributed by atoms with Crippen LogP contribution in [0, 0.1) is 0 Å². The number of quaternary nitrogens is 1. The van der Waals surface area contributed by atoms with E-state index < -0.39 is 18.1 Å². The third-order valence-electron chi connectivity index (χ3n) is 10.2. The standard InChI is InChI=1S/C50H87NO7/c1-6-8-10-12-14-16-18-20-21-22-23-24-25-26-27-29-30-32-34-36-38-40-48(52)57-45-46(44-56-43-42-47(50(54)55)51(3,4)5)58-49(53)41-39-37-35-33-31-28-19-17-15-13-11-9-7-2/h8,10,14,16,20-21,28,31,35,37,46-47H,6-7,9,11-13,15,17-19,22-27,29-30,32-34,36,38-45H2,1-5H3/p+1/b10-8+,16-14+,21-20+,31-28+,37-35+. The number of rotatable bonds is 41. The molecule has 8 nitrogen and oxygen atoms in total. The Morgan fingerprint density at radius 1 is 0.534 bits per heavy atom. The van der Waals surface area contributed by atoms with Crippen LogP contribution >= 0.6 is 0 Å². The summed E-state index contributed by atoms with van der Waals surface area (Å²) in [4.78, 5) is 37.0. The van der Waals surface area contributed by atoms with Gasteiger partial charge in [-0.1, -0.05) is 164 Å². The molecule has 58 heavy (non-hydrogen) atoms. The van der Waals surface area contributed by atoms with E-state index >= 15 is 0 Å². The van der Waals surface area contributed by atoms with Crippen molar-refractivity contribution in [3.05, 3.63) is 60.8 Å². The van der Waals surface area contributed by atoms with Crippen molar-refractivity contribution >= 4 is 17.9 Å². The second-order valence-electron chi connectivity index (χ2n) is 16.6. The quantitative estimate of drug-likeness (QED) is 0.0284. The fourth-order valence-electron chi connectivity index (χ4n) is 6.57. The molecule has 0 aliphatic heterocycles. The van der Waals surface area contributed by atoms with Gasteiger partial charge in [0.2, 0.25) is 0 Å². The minimum atomic E-state index is -0.884. The number of carboxylic acid groups (broad SMARTS) is 1. The van der Waals surface area contributed by atoms with Gasteiger partial charge in [-0.15, -0.1) is 0 Å². The van der Waals surface area contributed by atoms with E-state index in [1.54, 1.807) is 0 Å². The molecule has 0 aromatic heterocycles. The maximum atomic E-state index is 12.7. The molecule has 0 amide bonds. The highest BCUT2D eigenvalue weighted by molar-refractivity contribution is 5.72. The lowest BCUT2D eigenvalue weighted by atomic mass is 10.0. The third-order valence-corrected chi connectivity index (χ3v) is 10.2. The highest BCUT2D eigenvalue weighted by atomic mass is 16.6. The fraction of sp³-hybridized carbons (Fsp3) is 0.740. The first-order valence-corrected chi connectivity index (χ1v) is 23.3. The molecule has 0 rings (SSSR count). The van der Waals surface area contributed by atoms with E-state index in [0.29, 0.717) is 19.3 Å². The summed E-state index contributed by atoms with van der Waals surface area (Å²) in [6.45, 7) is 4.55. The van der Waals surface area contributed by atoms with Crippen LogP contribution in [0.4, 0.5) is 0 Å². The minimum Gasteiger partial charge on any atom is -0.477 e. The zero-order chi connectivity index (χ0) is 42.8. The van der Waals surface area contributed by atoms with Gasteiger partial charge < -0.3 is 23.8 Å². The number of hydrogen-bond donors (Lipinski definition) is 1. The summed E-state index contributed by atoms with van der Waals surface area (Å²) < 4.78 is 17.2. The van der Waals surface area contributed by atoms with Crippen LogP contribution in [0.5, 0.6) is 0 Å². The van der Waals surface area contributed by atoms with Crippen molar-refractivity contribution in [3.8, 4) is 0 Å². The molecule has 0 aromatic rings. The topological polar surface area (TPSA) is 99.1 Å². The first-order chi connectivity index (χ1) is 28.1. The van der Waals surface area contributed by atoms with Crippen molar-refractivity contribution < 1.29 is 38.2 Å². The van der Waals surface area contributed by atoms with Crippen LogP contribution in [-0.4, -0.2) is 80.6 Å². The monoisotopic (exact) mass is 815 g/mol. The van der Waals surface area contributed by atoms with E-state index in [1.165, 1.54) is 96.3 Å². The van der Waals surface area contributed by atoms with Gasteiger partial charge in [0.15, 0.2) is 12.1 Å². The highest BCUT2D eigenvalue weighted by Crippen LogP contribution is 2.14. The number of hydrogen-bond acceptors (Lipinski definition) is 6. The largest absolute Gasteiger partial charge is 0.477 e. The molecule has 0 bridgehead atoms. The van der Waals surface area contributed by atoms with Crippen molar-refractivity contribution in [1.29, 1.82) is 0 Å². The van der Waals surface area contributed by atoms with E-state index in [9.17, 15) is 19.5 Å². The first-order valence-electron chi connectivity index (χ1n) is 23.3. The van der Waals surface area contributed by atoms with E-state index in [-0.39, 0.29) is 42.7 Å². The molecule has 8 heteroatoms. The predicted octanol–water partition coefficient (Wildman–Crippen LogP) is 13.0. The van der Waals surface area contributed by atoms with E-state index in [4.69, 9.17) is 14.2 Å². The normalized spacial score (nSPS) is 13.5. The molecular weight excluding hydrogens is 727 g/mol. The number of unbranched alkanes of at least 4 members (excludes halogenated alkanes) is 17. The summed E-state index contributed by atoms with van der Waals surface area (Å²) >= 11 is 0.